The van der Waals surface area contributed by atoms with Gasteiger partial charge in [0.1, 0.15) is 0 Å². The molecule has 144 valence electrons. The van der Waals surface area contributed by atoms with Gasteiger partial charge in [0, 0.05) is 30.9 Å². The van der Waals surface area contributed by atoms with Crippen molar-refractivity contribution >= 4 is 11.6 Å². The molecule has 1 aliphatic heterocycles. The summed E-state index contributed by atoms with van der Waals surface area (Å²) in [6.45, 7) is 2.65. The highest BCUT2D eigenvalue weighted by molar-refractivity contribution is 5.94. The average Bonchev–Trinajstić information content (AvgIpc) is 3.19. The number of pyridine rings is 1. The van der Waals surface area contributed by atoms with Crippen LogP contribution in [0.25, 0.3) is 16.9 Å². The number of fused-ring (bicyclic) bond motifs is 2. The van der Waals surface area contributed by atoms with Gasteiger partial charge in [-0.25, -0.2) is 9.50 Å². The maximum absolute atomic E-state index is 13.1. The monoisotopic (exact) mass is 385 g/mol. The number of aromatic amines is 1. The Kier molecular flexibility index (Phi) is 4.01. The standard InChI is InChI=1S/C22H19N5O2/c1-14-7-8-16(12-23-14)21(28)26-10-9-18-17(13-26)22(29)27-20(24-18)11-19(25-27)15-5-3-2-4-6-15/h2-8,11-12,25H,9-10,13H2,1H3. The van der Waals surface area contributed by atoms with E-state index in [4.69, 9.17) is 0 Å². The largest absolute Gasteiger partial charge is 0.334 e. The number of carbonyl (C=O) groups is 1. The van der Waals surface area contributed by atoms with Gasteiger partial charge in [-0.3, -0.25) is 19.7 Å². The molecule has 3 aromatic heterocycles. The molecule has 0 spiro atoms. The molecule has 5 rings (SSSR count). The molecule has 0 atom stereocenters. The number of rotatable bonds is 2. The van der Waals surface area contributed by atoms with E-state index in [0.29, 0.717) is 29.7 Å². The van der Waals surface area contributed by atoms with Crippen molar-refractivity contribution in [1.82, 2.24) is 24.5 Å². The van der Waals surface area contributed by atoms with Crippen LogP contribution in [0.5, 0.6) is 0 Å². The van der Waals surface area contributed by atoms with Crippen LogP contribution in [0.2, 0.25) is 0 Å². The van der Waals surface area contributed by atoms with Crippen LogP contribution in [-0.4, -0.2) is 36.9 Å². The summed E-state index contributed by atoms with van der Waals surface area (Å²) in [4.78, 5) is 36.5. The van der Waals surface area contributed by atoms with Gasteiger partial charge in [0.25, 0.3) is 11.5 Å². The number of benzene rings is 1. The van der Waals surface area contributed by atoms with E-state index in [9.17, 15) is 9.59 Å². The highest BCUT2D eigenvalue weighted by Gasteiger charge is 2.26. The summed E-state index contributed by atoms with van der Waals surface area (Å²) in [7, 11) is 0. The van der Waals surface area contributed by atoms with Gasteiger partial charge in [-0.2, -0.15) is 0 Å². The average molecular weight is 385 g/mol. The van der Waals surface area contributed by atoms with Crippen molar-refractivity contribution in [2.75, 3.05) is 6.54 Å². The van der Waals surface area contributed by atoms with Gasteiger partial charge in [0.15, 0.2) is 5.65 Å². The predicted molar refractivity (Wildman–Crippen MR) is 109 cm³/mol. The van der Waals surface area contributed by atoms with Gasteiger partial charge >= 0.3 is 0 Å². The van der Waals surface area contributed by atoms with E-state index in [-0.39, 0.29) is 18.0 Å². The summed E-state index contributed by atoms with van der Waals surface area (Å²) < 4.78 is 1.46. The Bertz CT molecular complexity index is 1270. The normalized spacial score (nSPS) is 13.5. The smallest absolute Gasteiger partial charge is 0.277 e. The molecule has 0 saturated heterocycles. The quantitative estimate of drug-likeness (QED) is 0.575. The second kappa shape index (κ2) is 6.70. The molecule has 0 bridgehead atoms. The Morgan fingerprint density at radius 1 is 1.14 bits per heavy atom. The Balaban J connectivity index is 1.51. The minimum atomic E-state index is -0.160. The summed E-state index contributed by atoms with van der Waals surface area (Å²) >= 11 is 0. The Labute approximate surface area is 166 Å². The molecule has 4 heterocycles. The maximum atomic E-state index is 13.1. The van der Waals surface area contributed by atoms with Crippen molar-refractivity contribution in [2.45, 2.75) is 19.9 Å². The second-order valence-electron chi connectivity index (χ2n) is 7.24. The number of H-pyrrole nitrogens is 1. The Morgan fingerprint density at radius 3 is 2.72 bits per heavy atom. The summed E-state index contributed by atoms with van der Waals surface area (Å²) in [6.07, 6.45) is 2.14. The minimum Gasteiger partial charge on any atom is -0.334 e. The van der Waals surface area contributed by atoms with E-state index in [2.05, 4.69) is 15.1 Å². The zero-order chi connectivity index (χ0) is 20.0. The van der Waals surface area contributed by atoms with Gasteiger partial charge in [-0.05, 0) is 24.6 Å². The van der Waals surface area contributed by atoms with Gasteiger partial charge in [-0.15, -0.1) is 0 Å². The zero-order valence-corrected chi connectivity index (χ0v) is 15.9. The third kappa shape index (κ3) is 3.00. The van der Waals surface area contributed by atoms with E-state index < -0.39 is 0 Å². The maximum Gasteiger partial charge on any atom is 0.277 e. The first-order chi connectivity index (χ1) is 14.1. The van der Waals surface area contributed by atoms with Crippen LogP contribution in [0.15, 0.2) is 59.5 Å². The van der Waals surface area contributed by atoms with E-state index in [1.165, 1.54) is 4.52 Å². The minimum absolute atomic E-state index is 0.121. The highest BCUT2D eigenvalue weighted by Crippen LogP contribution is 2.21. The number of amides is 1. The van der Waals surface area contributed by atoms with E-state index in [1.807, 2.05) is 49.4 Å². The molecule has 7 heteroatoms. The molecule has 1 amide bonds. The van der Waals surface area contributed by atoms with E-state index >= 15 is 0 Å². The summed E-state index contributed by atoms with van der Waals surface area (Å²) in [5.41, 5.74) is 4.95. The number of carbonyl (C=O) groups excluding carboxylic acids is 1. The van der Waals surface area contributed by atoms with Crippen LogP contribution in [0.3, 0.4) is 0 Å². The number of aryl methyl sites for hydroxylation is 1. The molecular weight excluding hydrogens is 366 g/mol. The lowest BCUT2D eigenvalue weighted by molar-refractivity contribution is 0.0732. The van der Waals surface area contributed by atoms with Crippen LogP contribution in [0.4, 0.5) is 0 Å². The molecule has 0 aliphatic carbocycles. The molecule has 7 nitrogen and oxygen atoms in total. The van der Waals surface area contributed by atoms with Crippen molar-refractivity contribution in [3.05, 3.63) is 87.6 Å². The Morgan fingerprint density at radius 2 is 1.97 bits per heavy atom. The van der Waals surface area contributed by atoms with Gasteiger partial charge < -0.3 is 4.90 Å². The van der Waals surface area contributed by atoms with Crippen molar-refractivity contribution in [1.29, 1.82) is 0 Å². The van der Waals surface area contributed by atoms with Crippen molar-refractivity contribution in [3.8, 4) is 11.3 Å². The summed E-state index contributed by atoms with van der Waals surface area (Å²) in [5.74, 6) is -0.121. The number of hydrogen-bond donors (Lipinski definition) is 1. The SMILES string of the molecule is Cc1ccc(C(=O)N2CCc3nc4cc(-c5ccccc5)[nH]n4c(=O)c3C2)cn1. The van der Waals surface area contributed by atoms with E-state index in [1.54, 1.807) is 17.2 Å². The molecule has 1 N–H and O–H groups in total. The van der Waals surface area contributed by atoms with Gasteiger partial charge in [0.2, 0.25) is 0 Å². The molecule has 0 unspecified atom stereocenters. The first-order valence-electron chi connectivity index (χ1n) is 9.51. The molecule has 0 fully saturated rings. The summed E-state index contributed by atoms with van der Waals surface area (Å²) in [5, 5.41) is 3.14. The molecule has 0 radical (unpaired) electrons. The third-order valence-corrected chi connectivity index (χ3v) is 5.29. The van der Waals surface area contributed by atoms with E-state index in [0.717, 1.165) is 22.6 Å². The van der Waals surface area contributed by atoms with Gasteiger partial charge in [0.05, 0.1) is 29.1 Å². The number of hydrogen-bond acceptors (Lipinski definition) is 4. The summed E-state index contributed by atoms with van der Waals surface area (Å²) in [6, 6.07) is 15.3. The lowest BCUT2D eigenvalue weighted by atomic mass is 10.1. The fourth-order valence-electron chi connectivity index (χ4n) is 3.70. The molecular formula is C22H19N5O2. The van der Waals surface area contributed by atoms with Crippen LogP contribution >= 0.6 is 0 Å². The number of aromatic nitrogens is 4. The van der Waals surface area contributed by atoms with Crippen molar-refractivity contribution in [2.24, 2.45) is 0 Å². The van der Waals surface area contributed by atoms with Crippen molar-refractivity contribution < 1.29 is 4.79 Å². The first kappa shape index (κ1) is 17.4. The van der Waals surface area contributed by atoms with Crippen LogP contribution in [0, 0.1) is 6.92 Å². The lowest BCUT2D eigenvalue weighted by Gasteiger charge is -2.27. The molecule has 0 saturated carbocycles. The molecule has 4 aromatic rings. The fourth-order valence-corrected chi connectivity index (χ4v) is 3.70. The van der Waals surface area contributed by atoms with Gasteiger partial charge in [-0.1, -0.05) is 30.3 Å². The second-order valence-corrected chi connectivity index (χ2v) is 7.24. The Hall–Kier alpha value is -3.74. The topological polar surface area (TPSA) is 83.4 Å². The zero-order valence-electron chi connectivity index (χ0n) is 15.9. The van der Waals surface area contributed by atoms with Crippen LogP contribution in [-0.2, 0) is 13.0 Å². The first-order valence-corrected chi connectivity index (χ1v) is 9.51. The molecule has 29 heavy (non-hydrogen) atoms. The molecule has 1 aliphatic rings. The lowest BCUT2D eigenvalue weighted by Crippen LogP contribution is -2.40. The number of nitrogens with zero attached hydrogens (tertiary/aromatic N) is 4. The fraction of sp³-hybridized carbons (Fsp3) is 0.182. The highest BCUT2D eigenvalue weighted by atomic mass is 16.2. The van der Waals surface area contributed by atoms with Crippen LogP contribution in [0.1, 0.15) is 27.3 Å². The number of nitrogens with one attached hydrogen (secondary N) is 1. The third-order valence-electron chi connectivity index (χ3n) is 5.29. The van der Waals surface area contributed by atoms with Crippen LogP contribution < -0.4 is 5.56 Å². The predicted octanol–water partition coefficient (Wildman–Crippen LogP) is 2.59. The molecule has 1 aromatic carbocycles. The van der Waals surface area contributed by atoms with Crippen molar-refractivity contribution in [3.63, 3.8) is 0 Å².